The third-order valence-corrected chi connectivity index (χ3v) is 3.14. The van der Waals surface area contributed by atoms with E-state index in [1.165, 1.54) is 6.07 Å². The molecule has 2 aromatic carbocycles. The Hall–Kier alpha value is -2.07. The fraction of sp³-hybridized carbons (Fsp3) is 0.143. The summed E-state index contributed by atoms with van der Waals surface area (Å²) in [6.45, 7) is 0.585. The number of nitro benzene ring substituents is 1. The molecule has 2 rings (SSSR count). The van der Waals surface area contributed by atoms with Crippen LogP contribution in [0.1, 0.15) is 5.56 Å². The number of anilines is 1. The average Bonchev–Trinajstić information content (AvgIpc) is 2.41. The van der Waals surface area contributed by atoms with E-state index in [1.807, 2.05) is 42.3 Å². The highest BCUT2D eigenvalue weighted by molar-refractivity contribution is 6.32. The molecule has 0 saturated heterocycles. The molecule has 5 heteroatoms. The predicted molar refractivity (Wildman–Crippen MR) is 76.7 cm³/mol. The lowest BCUT2D eigenvalue weighted by atomic mass is 10.2. The van der Waals surface area contributed by atoms with Gasteiger partial charge < -0.3 is 4.90 Å². The summed E-state index contributed by atoms with van der Waals surface area (Å²) >= 11 is 5.79. The number of rotatable bonds is 4. The van der Waals surface area contributed by atoms with Gasteiger partial charge >= 0.3 is 0 Å². The van der Waals surface area contributed by atoms with Crippen molar-refractivity contribution < 1.29 is 4.92 Å². The highest BCUT2D eigenvalue weighted by atomic mass is 35.5. The smallest absolute Gasteiger partial charge is 0.288 e. The van der Waals surface area contributed by atoms with Crippen LogP contribution in [-0.2, 0) is 6.54 Å². The largest absolute Gasteiger partial charge is 0.370 e. The van der Waals surface area contributed by atoms with Crippen LogP contribution in [-0.4, -0.2) is 12.0 Å². The number of nitrogens with zero attached hydrogens (tertiary/aromatic N) is 2. The van der Waals surface area contributed by atoms with E-state index < -0.39 is 4.92 Å². The van der Waals surface area contributed by atoms with Gasteiger partial charge in [-0.15, -0.1) is 0 Å². The molecular formula is C14H13ClN2O2. The van der Waals surface area contributed by atoms with Crippen molar-refractivity contribution in [1.82, 2.24) is 0 Å². The van der Waals surface area contributed by atoms with Crippen molar-refractivity contribution in [1.29, 1.82) is 0 Å². The van der Waals surface area contributed by atoms with Crippen LogP contribution in [0.2, 0.25) is 5.02 Å². The second-order valence-corrected chi connectivity index (χ2v) is 4.64. The molecule has 0 aromatic heterocycles. The maximum Gasteiger partial charge on any atom is 0.288 e. The number of hydrogen-bond acceptors (Lipinski definition) is 3. The summed E-state index contributed by atoms with van der Waals surface area (Å²) in [6.07, 6.45) is 0. The van der Waals surface area contributed by atoms with Crippen molar-refractivity contribution in [3.8, 4) is 0 Å². The van der Waals surface area contributed by atoms with Gasteiger partial charge in [-0.05, 0) is 23.8 Å². The number of benzene rings is 2. The first-order valence-corrected chi connectivity index (χ1v) is 6.15. The third-order valence-electron chi connectivity index (χ3n) is 2.82. The molecule has 0 aliphatic carbocycles. The lowest BCUT2D eigenvalue weighted by Gasteiger charge is -2.19. The Bertz CT molecular complexity index is 587. The van der Waals surface area contributed by atoms with E-state index >= 15 is 0 Å². The quantitative estimate of drug-likeness (QED) is 0.629. The van der Waals surface area contributed by atoms with E-state index in [1.54, 1.807) is 12.1 Å². The standard InChI is InChI=1S/C14H13ClN2O2/c1-16(12-5-3-2-4-6-12)10-11-7-8-13(15)14(9-11)17(18)19/h2-9H,10H2,1H3. The van der Waals surface area contributed by atoms with E-state index in [9.17, 15) is 10.1 Å². The van der Waals surface area contributed by atoms with Crippen LogP contribution in [0.15, 0.2) is 48.5 Å². The summed E-state index contributed by atoms with van der Waals surface area (Å²) in [5, 5.41) is 11.0. The Morgan fingerprint density at radius 2 is 1.89 bits per heavy atom. The predicted octanol–water partition coefficient (Wildman–Crippen LogP) is 3.88. The Morgan fingerprint density at radius 1 is 1.21 bits per heavy atom. The van der Waals surface area contributed by atoms with Crippen molar-refractivity contribution in [2.75, 3.05) is 11.9 Å². The first-order chi connectivity index (χ1) is 9.08. The second-order valence-electron chi connectivity index (χ2n) is 4.23. The molecule has 0 aliphatic heterocycles. The van der Waals surface area contributed by atoms with E-state index in [4.69, 9.17) is 11.6 Å². The maximum absolute atomic E-state index is 10.8. The van der Waals surface area contributed by atoms with Crippen LogP contribution in [0.25, 0.3) is 0 Å². The molecule has 0 amide bonds. The average molecular weight is 277 g/mol. The summed E-state index contributed by atoms with van der Waals surface area (Å²) in [5.41, 5.74) is 1.85. The summed E-state index contributed by atoms with van der Waals surface area (Å²) in [5.74, 6) is 0. The molecule has 0 heterocycles. The van der Waals surface area contributed by atoms with Crippen LogP contribution in [0.4, 0.5) is 11.4 Å². The maximum atomic E-state index is 10.8. The summed E-state index contributed by atoms with van der Waals surface area (Å²) in [4.78, 5) is 12.4. The number of hydrogen-bond donors (Lipinski definition) is 0. The molecule has 0 spiro atoms. The molecule has 0 unspecified atom stereocenters. The Labute approximate surface area is 116 Å². The van der Waals surface area contributed by atoms with Gasteiger partial charge in [-0.25, -0.2) is 0 Å². The van der Waals surface area contributed by atoms with Gasteiger partial charge in [0, 0.05) is 25.3 Å². The first kappa shape index (κ1) is 13.4. The van der Waals surface area contributed by atoms with Gasteiger partial charge in [0.05, 0.1) is 4.92 Å². The molecule has 0 aliphatic rings. The lowest BCUT2D eigenvalue weighted by molar-refractivity contribution is -0.384. The van der Waals surface area contributed by atoms with Crippen molar-refractivity contribution >= 4 is 23.0 Å². The highest BCUT2D eigenvalue weighted by Crippen LogP contribution is 2.26. The fourth-order valence-electron chi connectivity index (χ4n) is 1.84. The zero-order valence-electron chi connectivity index (χ0n) is 10.4. The Balaban J connectivity index is 2.20. The Morgan fingerprint density at radius 3 is 2.53 bits per heavy atom. The molecule has 19 heavy (non-hydrogen) atoms. The lowest BCUT2D eigenvalue weighted by Crippen LogP contribution is -2.16. The minimum atomic E-state index is -0.464. The van der Waals surface area contributed by atoms with Gasteiger partial charge in [0.1, 0.15) is 5.02 Å². The van der Waals surface area contributed by atoms with E-state index in [2.05, 4.69) is 0 Å². The van der Waals surface area contributed by atoms with Crippen molar-refractivity contribution in [2.45, 2.75) is 6.54 Å². The van der Waals surface area contributed by atoms with Crippen LogP contribution in [0.5, 0.6) is 0 Å². The summed E-state index contributed by atoms with van der Waals surface area (Å²) in [7, 11) is 1.94. The molecule has 98 valence electrons. The molecule has 0 atom stereocenters. The summed E-state index contributed by atoms with van der Waals surface area (Å²) in [6, 6.07) is 14.7. The number of nitro groups is 1. The van der Waals surface area contributed by atoms with Crippen LogP contribution >= 0.6 is 11.6 Å². The fourth-order valence-corrected chi connectivity index (χ4v) is 2.03. The van der Waals surface area contributed by atoms with Gasteiger partial charge in [0.2, 0.25) is 0 Å². The van der Waals surface area contributed by atoms with Gasteiger partial charge in [0.15, 0.2) is 0 Å². The highest BCUT2D eigenvalue weighted by Gasteiger charge is 2.13. The van der Waals surface area contributed by atoms with Gasteiger partial charge in [-0.2, -0.15) is 0 Å². The monoisotopic (exact) mass is 276 g/mol. The van der Waals surface area contributed by atoms with E-state index in [0.29, 0.717) is 6.54 Å². The van der Waals surface area contributed by atoms with Crippen molar-refractivity contribution in [3.63, 3.8) is 0 Å². The Kier molecular flexibility index (Phi) is 4.02. The van der Waals surface area contributed by atoms with Gasteiger partial charge in [-0.3, -0.25) is 10.1 Å². The van der Waals surface area contributed by atoms with E-state index in [0.717, 1.165) is 11.3 Å². The zero-order chi connectivity index (χ0) is 13.8. The SMILES string of the molecule is CN(Cc1ccc(Cl)c([N+](=O)[O-])c1)c1ccccc1. The molecule has 0 bridgehead atoms. The molecular weight excluding hydrogens is 264 g/mol. The van der Waals surface area contributed by atoms with E-state index in [-0.39, 0.29) is 10.7 Å². The molecule has 4 nitrogen and oxygen atoms in total. The second kappa shape index (κ2) is 5.71. The third kappa shape index (κ3) is 3.23. The normalized spacial score (nSPS) is 10.2. The van der Waals surface area contributed by atoms with Crippen LogP contribution in [0, 0.1) is 10.1 Å². The minimum Gasteiger partial charge on any atom is -0.370 e. The molecule has 0 saturated carbocycles. The zero-order valence-corrected chi connectivity index (χ0v) is 11.2. The minimum absolute atomic E-state index is 0.0550. The van der Waals surface area contributed by atoms with Crippen LogP contribution < -0.4 is 4.90 Å². The van der Waals surface area contributed by atoms with Gasteiger partial charge in [0.25, 0.3) is 5.69 Å². The van der Waals surface area contributed by atoms with Crippen molar-refractivity contribution in [3.05, 3.63) is 69.2 Å². The molecule has 0 fully saturated rings. The molecule has 2 aromatic rings. The van der Waals surface area contributed by atoms with Crippen molar-refractivity contribution in [2.24, 2.45) is 0 Å². The first-order valence-electron chi connectivity index (χ1n) is 5.77. The molecule has 0 N–H and O–H groups in total. The number of para-hydroxylation sites is 1. The number of halogens is 1. The topological polar surface area (TPSA) is 46.4 Å². The summed E-state index contributed by atoms with van der Waals surface area (Å²) < 4.78 is 0. The van der Waals surface area contributed by atoms with Crippen LogP contribution in [0.3, 0.4) is 0 Å². The molecule has 0 radical (unpaired) electrons. The van der Waals surface area contributed by atoms with Gasteiger partial charge in [-0.1, -0.05) is 35.9 Å².